The molecule has 0 aliphatic rings. The molecule has 15 aromatic rings. The van der Waals surface area contributed by atoms with Gasteiger partial charge in [0.05, 0.1) is 140 Å². The first-order valence-electron chi connectivity index (χ1n) is 45.7. The van der Waals surface area contributed by atoms with E-state index in [-0.39, 0.29) is 17.5 Å². The molecular weight excluding hydrogens is 1870 g/mol. The van der Waals surface area contributed by atoms with Crippen LogP contribution in [0.4, 0.5) is 8.78 Å². The number of benzene rings is 7. The maximum absolute atomic E-state index is 13.4. The molecule has 0 aliphatic carbocycles. The number of nitrogens with zero attached hydrogens (tertiary/aromatic N) is 15. The lowest BCUT2D eigenvalue weighted by molar-refractivity contribution is 0.0593. The molecule has 0 fully saturated rings. The quantitative estimate of drug-likeness (QED) is 0.00958. The molecule has 0 atom stereocenters. The standard InChI is InChI=1S/C15H18BN3O2S.2C14H19BN2O4.C12H15BCl2N2O2.2C12H16BClN2O2.C11H13BF2N2O2/c20-16(21)8-4-1-5-10-19-13-7-3-2-6-12(13)18-14(19)15-17-9-11-22-15;1-21-14(18)11-6-5-7-12-13(11)16-10-17(12)9-4-2-3-8-15(19)20;1-21-14(18)11-6-5-7-12-13(11)17(10-16-12)9-4-2-3-8-15(19)20;14-9-6-11-12(7-10(9)15)17(8-16-11)5-3-1-2-4-13(18)19;14-10-4-5-12-11(8-10)15-9-16(12)7-3-1-2-6-13(17)18;14-10-4-5-11-12(8-10)16(9-15-11)7-3-1-2-6-13(17)18;13-8-3-4-9-11(10(8)14)15-7-16(9)6-2-1-5-12(17)18/h2-3,6-7,9,11,20-21H,1,4-5,8,10H2;2*5-7,10,19-20H,2-4,8-9H2,1H3;6-8,18-19H,1-5H2;2*4-5,8-9,17-18H,1-3,6-7H2;3-4,7,17-18H,1-2,5-6H2. The van der Waals surface area contributed by atoms with E-state index in [1.165, 1.54) is 26.6 Å². The summed E-state index contributed by atoms with van der Waals surface area (Å²) in [4.78, 5) is 57.9. The van der Waals surface area contributed by atoms with Gasteiger partial charge >= 0.3 is 61.8 Å². The van der Waals surface area contributed by atoms with E-state index in [0.717, 1.165) is 232 Å². The van der Waals surface area contributed by atoms with Crippen molar-refractivity contribution in [2.45, 2.75) is 218 Å². The topological polar surface area (TPSA) is 473 Å². The Balaban J connectivity index is 0.000000179. The van der Waals surface area contributed by atoms with Gasteiger partial charge in [-0.15, -0.1) is 11.3 Å². The predicted molar refractivity (Wildman–Crippen MR) is 539 cm³/mol. The normalized spacial score (nSPS) is 11.0. The number of carbonyl (C=O) groups is 2. The summed E-state index contributed by atoms with van der Waals surface area (Å²) in [5, 5.41) is 128. The molecule has 728 valence electrons. The van der Waals surface area contributed by atoms with Gasteiger partial charge in [-0.1, -0.05) is 154 Å². The van der Waals surface area contributed by atoms with Crippen molar-refractivity contribution in [2.24, 2.45) is 0 Å². The van der Waals surface area contributed by atoms with Gasteiger partial charge in [-0.3, -0.25) is 0 Å². The van der Waals surface area contributed by atoms with Crippen LogP contribution >= 0.6 is 57.7 Å². The Morgan fingerprint density at radius 1 is 0.343 bits per heavy atom. The number of halogens is 6. The summed E-state index contributed by atoms with van der Waals surface area (Å²) in [5.41, 5.74) is 12.5. The Kier molecular flexibility index (Phi) is 47.8. The Morgan fingerprint density at radius 2 is 0.723 bits per heavy atom. The third kappa shape index (κ3) is 36.2. The van der Waals surface area contributed by atoms with Crippen molar-refractivity contribution in [3.05, 3.63) is 214 Å². The number of unbranched alkanes of at least 4 members (excludes halogenated alkanes) is 13. The third-order valence-corrected chi connectivity index (χ3v) is 24.1. The average molecular weight is 1980 g/mol. The second-order valence-electron chi connectivity index (χ2n) is 32.6. The van der Waals surface area contributed by atoms with Crippen LogP contribution in [0.3, 0.4) is 0 Å². The van der Waals surface area contributed by atoms with E-state index in [9.17, 15) is 18.4 Å². The second-order valence-corrected chi connectivity index (χ2v) is 35.2. The van der Waals surface area contributed by atoms with Crippen LogP contribution in [0.25, 0.3) is 88.1 Å². The number of rotatable bonds is 44. The van der Waals surface area contributed by atoms with Crippen molar-refractivity contribution in [1.29, 1.82) is 0 Å². The number of aryl methyl sites for hydroxylation is 7. The average Bonchev–Trinajstić information content (AvgIpc) is 1.63. The molecule has 33 nitrogen and oxygen atoms in total. The number of para-hydroxylation sites is 4. The molecule has 8 aromatic heterocycles. The Bertz CT molecular complexity index is 6140. The lowest BCUT2D eigenvalue weighted by Crippen LogP contribution is -2.10. The molecule has 0 bridgehead atoms. The molecule has 0 unspecified atom stereocenters. The van der Waals surface area contributed by atoms with E-state index < -0.39 is 61.5 Å². The van der Waals surface area contributed by atoms with E-state index in [1.54, 1.807) is 65.3 Å². The minimum Gasteiger partial charge on any atom is -0.465 e. The Labute approximate surface area is 818 Å². The smallest absolute Gasteiger partial charge is 0.451 e. The highest BCUT2D eigenvalue weighted by Gasteiger charge is 2.21. The van der Waals surface area contributed by atoms with E-state index >= 15 is 0 Å². The van der Waals surface area contributed by atoms with Crippen molar-refractivity contribution in [3.63, 3.8) is 0 Å². The number of imidazole rings is 7. The molecule has 8 heterocycles. The SMILES string of the molecule is COC(=O)c1cccc2c1ncn2CCCCCB(O)O.COC(=O)c1cccc2ncn(CCCCCB(O)O)c12.OB(O)CCCCCn1c(-c2nccs2)nc2ccccc21.OB(O)CCCCCn1cnc2cc(Cl)c(Cl)cc21.OB(O)CCCCCn1cnc2cc(Cl)ccc21.OB(O)CCCCCn1cnc2ccc(Cl)cc21.OB(O)CCCCn1cnc2c(F)c(F)ccc21. The van der Waals surface area contributed by atoms with Crippen molar-refractivity contribution in [2.75, 3.05) is 14.2 Å². The van der Waals surface area contributed by atoms with Crippen LogP contribution in [0.1, 0.15) is 149 Å². The monoisotopic (exact) mass is 1980 g/mol. The molecule has 137 heavy (non-hydrogen) atoms. The fraction of sp³-hybridized carbons (Fsp3) is 0.400. The van der Waals surface area contributed by atoms with E-state index in [1.807, 2.05) is 111 Å². The number of esters is 2. The molecular formula is C90H116B7Cl4F2N15O18S. The highest BCUT2D eigenvalue weighted by Crippen LogP contribution is 2.31. The number of hydrogen-bond acceptors (Lipinski definition) is 27. The Morgan fingerprint density at radius 3 is 1.25 bits per heavy atom. The minimum absolute atomic E-state index is 0.0252. The first-order valence-corrected chi connectivity index (χ1v) is 48.1. The van der Waals surface area contributed by atoms with Crippen LogP contribution in [0, 0.1) is 11.6 Å². The second kappa shape index (κ2) is 59.0. The number of carbonyl (C=O) groups excluding carboxylic acids is 2. The summed E-state index contributed by atoms with van der Waals surface area (Å²) in [6, 6.07) is 36.4. The maximum atomic E-state index is 13.4. The number of hydrogen-bond donors (Lipinski definition) is 14. The number of ether oxygens (including phenoxy) is 2. The molecule has 14 N–H and O–H groups in total. The molecule has 0 radical (unpaired) electrons. The highest BCUT2D eigenvalue weighted by atomic mass is 35.5. The predicted octanol–water partition coefficient (Wildman–Crippen LogP) is 15.0. The molecule has 0 saturated heterocycles. The molecule has 0 saturated carbocycles. The van der Waals surface area contributed by atoms with Gasteiger partial charge in [0.2, 0.25) is 0 Å². The van der Waals surface area contributed by atoms with Crippen molar-refractivity contribution in [3.8, 4) is 10.8 Å². The summed E-state index contributed by atoms with van der Waals surface area (Å²) >= 11 is 25.4. The van der Waals surface area contributed by atoms with Crippen LogP contribution in [-0.4, -0.2) is 218 Å². The lowest BCUT2D eigenvalue weighted by Gasteiger charge is -2.07. The van der Waals surface area contributed by atoms with Crippen LogP contribution in [-0.2, 0) is 55.3 Å². The van der Waals surface area contributed by atoms with Gasteiger partial charge in [0.25, 0.3) is 0 Å². The largest absolute Gasteiger partial charge is 0.465 e. The van der Waals surface area contributed by atoms with Crippen molar-refractivity contribution >= 4 is 197 Å². The lowest BCUT2D eigenvalue weighted by atomic mass is 9.83. The van der Waals surface area contributed by atoms with Gasteiger partial charge in [0, 0.05) is 67.4 Å². The molecule has 0 aliphatic heterocycles. The number of thiazole rings is 1. The molecule has 7 aromatic carbocycles. The molecule has 15 rings (SSSR count). The summed E-state index contributed by atoms with van der Waals surface area (Å²) < 4.78 is 50.0. The fourth-order valence-electron chi connectivity index (χ4n) is 15.1. The van der Waals surface area contributed by atoms with Gasteiger partial charge in [-0.05, 0) is 186 Å². The van der Waals surface area contributed by atoms with Crippen molar-refractivity contribution in [1.82, 2.24) is 71.8 Å². The number of fused-ring (bicyclic) bond motifs is 7. The van der Waals surface area contributed by atoms with Gasteiger partial charge in [-0.2, -0.15) is 0 Å². The summed E-state index contributed by atoms with van der Waals surface area (Å²) in [6.07, 6.45) is 32.5. The zero-order valence-corrected chi connectivity index (χ0v) is 80.4. The number of methoxy groups -OCH3 is 2. The van der Waals surface area contributed by atoms with Crippen LogP contribution < -0.4 is 0 Å². The van der Waals surface area contributed by atoms with E-state index in [2.05, 4.69) is 54.7 Å². The fourth-order valence-corrected chi connectivity index (χ4v) is 16.4. The van der Waals surface area contributed by atoms with Crippen LogP contribution in [0.15, 0.2) is 171 Å². The van der Waals surface area contributed by atoms with Gasteiger partial charge in [-0.25, -0.2) is 58.2 Å². The van der Waals surface area contributed by atoms with Crippen LogP contribution in [0.5, 0.6) is 0 Å². The van der Waals surface area contributed by atoms with Gasteiger partial charge in [0.1, 0.15) is 11.0 Å². The summed E-state index contributed by atoms with van der Waals surface area (Å²) in [5.74, 6) is -1.68. The molecule has 47 heteroatoms. The first-order chi connectivity index (χ1) is 66.0. The van der Waals surface area contributed by atoms with E-state index in [0.29, 0.717) is 106 Å². The Hall–Kier alpha value is -9.69. The van der Waals surface area contributed by atoms with E-state index in [4.69, 9.17) is 131 Å². The van der Waals surface area contributed by atoms with Gasteiger partial charge < -0.3 is 112 Å². The first kappa shape index (κ1) is 111. The third-order valence-electron chi connectivity index (χ3n) is 22.2. The zero-order chi connectivity index (χ0) is 98.7. The highest BCUT2D eigenvalue weighted by molar-refractivity contribution is 7.13. The number of aromatic nitrogens is 15. The summed E-state index contributed by atoms with van der Waals surface area (Å²) in [6.45, 7) is 5.54. The molecule has 0 amide bonds. The van der Waals surface area contributed by atoms with Gasteiger partial charge in [0.15, 0.2) is 22.5 Å². The minimum atomic E-state index is -1.30. The molecule has 0 spiro atoms. The van der Waals surface area contributed by atoms with Crippen molar-refractivity contribution < 1.29 is 98.2 Å². The maximum Gasteiger partial charge on any atom is 0.451 e. The zero-order valence-electron chi connectivity index (χ0n) is 76.5. The summed E-state index contributed by atoms with van der Waals surface area (Å²) in [7, 11) is -5.78. The van der Waals surface area contributed by atoms with Crippen LogP contribution in [0.2, 0.25) is 64.3 Å².